The molecule has 1 aromatic rings. The number of rotatable bonds is 6. The van der Waals surface area contributed by atoms with Crippen molar-refractivity contribution in [2.45, 2.75) is 18.6 Å². The fourth-order valence-corrected chi connectivity index (χ4v) is 1.55. The fraction of sp³-hybridized carbons (Fsp3) is 0.455. The Hall–Kier alpha value is -1.70. The monoisotopic (exact) mass is 257 g/mol. The van der Waals surface area contributed by atoms with E-state index in [-0.39, 0.29) is 30.0 Å². The largest absolute Gasteiger partial charge is 0.490 e. The van der Waals surface area contributed by atoms with Crippen LogP contribution in [0.3, 0.4) is 0 Å². The van der Waals surface area contributed by atoms with Crippen LogP contribution in [0.5, 0.6) is 5.75 Å². The van der Waals surface area contributed by atoms with Crippen molar-refractivity contribution in [2.75, 3.05) is 13.7 Å². The first-order chi connectivity index (χ1) is 8.51. The standard InChI is InChI=1S/C11H15NO6/c1-18-10-3-2-7(6-8(10)12(16)17)11(15)9(14)4-5-13/h2-3,6,9,11,13-15H,4-5H2,1H3. The van der Waals surface area contributed by atoms with E-state index in [0.29, 0.717) is 0 Å². The summed E-state index contributed by atoms with van der Waals surface area (Å²) in [6.45, 7) is -0.281. The topological polar surface area (TPSA) is 113 Å². The maximum atomic E-state index is 10.8. The Labute approximate surface area is 103 Å². The number of hydrogen-bond donors (Lipinski definition) is 3. The van der Waals surface area contributed by atoms with Gasteiger partial charge in [-0.15, -0.1) is 0 Å². The average Bonchev–Trinajstić information content (AvgIpc) is 2.37. The van der Waals surface area contributed by atoms with Crippen LogP contribution in [0.4, 0.5) is 5.69 Å². The predicted molar refractivity (Wildman–Crippen MR) is 62.3 cm³/mol. The van der Waals surface area contributed by atoms with Crippen molar-refractivity contribution in [2.24, 2.45) is 0 Å². The van der Waals surface area contributed by atoms with Crippen LogP contribution in [-0.2, 0) is 0 Å². The molecule has 0 aromatic heterocycles. The molecule has 0 amide bonds. The van der Waals surface area contributed by atoms with Crippen molar-refractivity contribution in [1.82, 2.24) is 0 Å². The van der Waals surface area contributed by atoms with Crippen LogP contribution in [0.2, 0.25) is 0 Å². The van der Waals surface area contributed by atoms with Gasteiger partial charge in [0.05, 0.1) is 18.1 Å². The SMILES string of the molecule is COc1ccc(C(O)C(O)CCO)cc1[N+](=O)[O-]. The Balaban J connectivity index is 3.04. The summed E-state index contributed by atoms with van der Waals surface area (Å²) in [5.74, 6) is 0.0765. The Morgan fingerprint density at radius 3 is 2.61 bits per heavy atom. The van der Waals surface area contributed by atoms with Crippen LogP contribution >= 0.6 is 0 Å². The number of nitro groups is 1. The second-order valence-corrected chi connectivity index (χ2v) is 3.71. The Kier molecular flexibility index (Phi) is 5.02. The second kappa shape index (κ2) is 6.29. The van der Waals surface area contributed by atoms with Gasteiger partial charge < -0.3 is 20.1 Å². The normalized spacial score (nSPS) is 14.0. The lowest BCUT2D eigenvalue weighted by atomic mass is 10.0. The molecule has 100 valence electrons. The van der Waals surface area contributed by atoms with Gasteiger partial charge in [0.25, 0.3) is 0 Å². The summed E-state index contributed by atoms with van der Waals surface area (Å²) in [6.07, 6.45) is -2.48. The molecular formula is C11H15NO6. The van der Waals surface area contributed by atoms with Gasteiger partial charge in [0.15, 0.2) is 5.75 Å². The van der Waals surface area contributed by atoms with Crippen molar-refractivity contribution in [1.29, 1.82) is 0 Å². The van der Waals surface area contributed by atoms with Gasteiger partial charge in [0.1, 0.15) is 6.10 Å². The molecule has 7 heteroatoms. The maximum Gasteiger partial charge on any atom is 0.311 e. The van der Waals surface area contributed by atoms with E-state index in [0.717, 1.165) is 6.07 Å². The third-order valence-electron chi connectivity index (χ3n) is 2.53. The predicted octanol–water partition coefficient (Wildman–Crippen LogP) is 0.380. The lowest BCUT2D eigenvalue weighted by Crippen LogP contribution is -2.19. The molecule has 0 saturated heterocycles. The molecule has 0 radical (unpaired) electrons. The van der Waals surface area contributed by atoms with Crippen LogP contribution in [0.25, 0.3) is 0 Å². The highest BCUT2D eigenvalue weighted by molar-refractivity contribution is 5.49. The average molecular weight is 257 g/mol. The number of ether oxygens (including phenoxy) is 1. The van der Waals surface area contributed by atoms with Gasteiger partial charge in [-0.2, -0.15) is 0 Å². The molecule has 7 nitrogen and oxygen atoms in total. The summed E-state index contributed by atoms with van der Waals surface area (Å²) in [7, 11) is 1.30. The van der Waals surface area contributed by atoms with Crippen LogP contribution < -0.4 is 4.74 Å². The number of benzene rings is 1. The lowest BCUT2D eigenvalue weighted by Gasteiger charge is -2.17. The smallest absolute Gasteiger partial charge is 0.311 e. The summed E-state index contributed by atoms with van der Waals surface area (Å²) in [5.41, 5.74) is -0.0892. The zero-order chi connectivity index (χ0) is 13.7. The highest BCUT2D eigenvalue weighted by atomic mass is 16.6. The Morgan fingerprint density at radius 2 is 2.11 bits per heavy atom. The number of nitro benzene ring substituents is 1. The first-order valence-corrected chi connectivity index (χ1v) is 5.30. The molecule has 0 aliphatic heterocycles. The molecule has 0 aliphatic rings. The van der Waals surface area contributed by atoms with Crippen LogP contribution in [-0.4, -0.2) is 40.1 Å². The van der Waals surface area contributed by atoms with Crippen LogP contribution in [0, 0.1) is 10.1 Å². The Bertz CT molecular complexity index is 422. The highest BCUT2D eigenvalue weighted by Gasteiger charge is 2.22. The molecule has 18 heavy (non-hydrogen) atoms. The van der Waals surface area contributed by atoms with Crippen molar-refractivity contribution in [3.8, 4) is 5.75 Å². The minimum atomic E-state index is -1.29. The number of aliphatic hydroxyl groups is 3. The lowest BCUT2D eigenvalue weighted by molar-refractivity contribution is -0.385. The molecular weight excluding hydrogens is 242 g/mol. The minimum absolute atomic E-state index is 0.0129. The summed E-state index contributed by atoms with van der Waals surface area (Å²) in [5, 5.41) is 38.7. The first-order valence-electron chi connectivity index (χ1n) is 5.30. The zero-order valence-electron chi connectivity index (χ0n) is 9.81. The van der Waals surface area contributed by atoms with E-state index in [1.807, 2.05) is 0 Å². The third kappa shape index (κ3) is 3.16. The zero-order valence-corrected chi connectivity index (χ0v) is 9.81. The third-order valence-corrected chi connectivity index (χ3v) is 2.53. The van der Waals surface area contributed by atoms with Crippen LogP contribution in [0.15, 0.2) is 18.2 Å². The van der Waals surface area contributed by atoms with Crippen molar-refractivity contribution in [3.63, 3.8) is 0 Å². The van der Waals surface area contributed by atoms with E-state index in [9.17, 15) is 20.3 Å². The molecule has 0 bridgehead atoms. The number of aliphatic hydroxyl groups excluding tert-OH is 3. The fourth-order valence-electron chi connectivity index (χ4n) is 1.55. The summed E-state index contributed by atoms with van der Waals surface area (Å²) >= 11 is 0. The van der Waals surface area contributed by atoms with Gasteiger partial charge in [-0.05, 0) is 18.1 Å². The van der Waals surface area contributed by atoms with E-state index >= 15 is 0 Å². The molecule has 0 aliphatic carbocycles. The molecule has 2 unspecified atom stereocenters. The quantitative estimate of drug-likeness (QED) is 0.501. The summed E-state index contributed by atoms with van der Waals surface area (Å²) in [6, 6.07) is 3.92. The molecule has 0 heterocycles. The molecule has 1 rings (SSSR count). The molecule has 0 spiro atoms. The van der Waals surface area contributed by atoms with E-state index in [4.69, 9.17) is 9.84 Å². The maximum absolute atomic E-state index is 10.8. The van der Waals surface area contributed by atoms with E-state index < -0.39 is 17.1 Å². The van der Waals surface area contributed by atoms with Crippen LogP contribution in [0.1, 0.15) is 18.1 Å². The second-order valence-electron chi connectivity index (χ2n) is 3.71. The van der Waals surface area contributed by atoms with E-state index in [2.05, 4.69) is 0 Å². The van der Waals surface area contributed by atoms with E-state index in [1.54, 1.807) is 0 Å². The van der Waals surface area contributed by atoms with Gasteiger partial charge in [0.2, 0.25) is 0 Å². The van der Waals surface area contributed by atoms with Gasteiger partial charge in [0, 0.05) is 12.7 Å². The number of hydrogen-bond acceptors (Lipinski definition) is 6. The van der Waals surface area contributed by atoms with E-state index in [1.165, 1.54) is 19.2 Å². The molecule has 3 N–H and O–H groups in total. The first kappa shape index (κ1) is 14.4. The molecule has 0 fully saturated rings. The van der Waals surface area contributed by atoms with Gasteiger partial charge >= 0.3 is 5.69 Å². The number of methoxy groups -OCH3 is 1. The summed E-state index contributed by atoms with van der Waals surface area (Å²) in [4.78, 5) is 10.2. The van der Waals surface area contributed by atoms with Gasteiger partial charge in [-0.1, -0.05) is 6.07 Å². The highest BCUT2D eigenvalue weighted by Crippen LogP contribution is 2.31. The molecule has 2 atom stereocenters. The minimum Gasteiger partial charge on any atom is -0.490 e. The molecule has 1 aromatic carbocycles. The van der Waals surface area contributed by atoms with Crippen molar-refractivity contribution < 1.29 is 25.0 Å². The van der Waals surface area contributed by atoms with Crippen molar-refractivity contribution in [3.05, 3.63) is 33.9 Å². The molecule has 0 saturated carbocycles. The van der Waals surface area contributed by atoms with Gasteiger partial charge in [-0.25, -0.2) is 0 Å². The summed E-state index contributed by atoms with van der Waals surface area (Å²) < 4.78 is 4.82. The number of nitrogens with zero attached hydrogens (tertiary/aromatic N) is 1. The van der Waals surface area contributed by atoms with Gasteiger partial charge in [-0.3, -0.25) is 10.1 Å². The van der Waals surface area contributed by atoms with Crippen molar-refractivity contribution >= 4 is 5.69 Å². The Morgan fingerprint density at radius 1 is 1.44 bits per heavy atom.